The molecule has 0 saturated heterocycles. The van der Waals surface area contributed by atoms with Crippen LogP contribution in [0.5, 0.6) is 5.75 Å². The van der Waals surface area contributed by atoms with Crippen molar-refractivity contribution in [2.24, 2.45) is 0 Å². The Morgan fingerprint density at radius 2 is 1.62 bits per heavy atom. The topological polar surface area (TPSA) is 75.7 Å². The van der Waals surface area contributed by atoms with Crippen molar-refractivity contribution in [1.29, 1.82) is 0 Å². The van der Waals surface area contributed by atoms with E-state index in [1.165, 1.54) is 12.1 Å². The number of hydrogen-bond donors (Lipinski definition) is 1. The Bertz CT molecular complexity index is 1160. The van der Waals surface area contributed by atoms with Crippen LogP contribution >= 0.6 is 0 Å². The zero-order chi connectivity index (χ0) is 23.1. The molecule has 0 aliphatic rings. The second-order valence-electron chi connectivity index (χ2n) is 6.95. The number of halogens is 1. The summed E-state index contributed by atoms with van der Waals surface area (Å²) in [5.41, 5.74) is 1.86. The van der Waals surface area contributed by atoms with Gasteiger partial charge in [-0.05, 0) is 73.5 Å². The highest BCUT2D eigenvalue weighted by Crippen LogP contribution is 2.26. The van der Waals surface area contributed by atoms with E-state index in [9.17, 15) is 17.6 Å². The van der Waals surface area contributed by atoms with Gasteiger partial charge in [0.15, 0.2) is 0 Å². The Balaban J connectivity index is 1.94. The quantitative estimate of drug-likeness (QED) is 0.510. The molecule has 1 N–H and O–H groups in total. The van der Waals surface area contributed by atoms with Crippen LogP contribution in [0.25, 0.3) is 0 Å². The van der Waals surface area contributed by atoms with Crippen LogP contribution in [-0.4, -0.2) is 27.5 Å². The predicted octanol–water partition coefficient (Wildman–Crippen LogP) is 4.62. The number of sulfonamides is 1. The van der Waals surface area contributed by atoms with Crippen LogP contribution in [-0.2, 0) is 21.2 Å². The monoisotopic (exact) mass is 456 g/mol. The predicted molar refractivity (Wildman–Crippen MR) is 123 cm³/mol. The van der Waals surface area contributed by atoms with Crippen molar-refractivity contribution in [1.82, 2.24) is 0 Å². The molecule has 3 aromatic rings. The van der Waals surface area contributed by atoms with E-state index in [1.807, 2.05) is 26.0 Å². The van der Waals surface area contributed by atoms with E-state index in [4.69, 9.17) is 4.74 Å². The van der Waals surface area contributed by atoms with Gasteiger partial charge in [-0.1, -0.05) is 25.1 Å². The molecule has 0 atom stereocenters. The van der Waals surface area contributed by atoms with Gasteiger partial charge in [-0.2, -0.15) is 0 Å². The van der Waals surface area contributed by atoms with E-state index in [0.29, 0.717) is 24.5 Å². The standard InChI is InChI=1S/C24H25FN2O4S/c1-3-18-7-5-6-8-23(18)26-24(28)17-27(20-11-13-21(14-12-20)31-4-2)32(29,30)22-15-9-19(25)10-16-22/h5-16H,3-4,17H2,1-2H3,(H,26,28). The molecule has 0 fully saturated rings. The summed E-state index contributed by atoms with van der Waals surface area (Å²) >= 11 is 0. The highest BCUT2D eigenvalue weighted by atomic mass is 32.2. The minimum Gasteiger partial charge on any atom is -0.494 e. The van der Waals surface area contributed by atoms with Gasteiger partial charge in [-0.15, -0.1) is 0 Å². The number of ether oxygens (including phenoxy) is 1. The third kappa shape index (κ3) is 5.45. The lowest BCUT2D eigenvalue weighted by Crippen LogP contribution is -2.38. The number of anilines is 2. The summed E-state index contributed by atoms with van der Waals surface area (Å²) < 4.78 is 46.5. The maximum absolute atomic E-state index is 13.4. The fourth-order valence-electron chi connectivity index (χ4n) is 3.19. The molecule has 3 rings (SSSR count). The number of nitrogens with one attached hydrogen (secondary N) is 1. The summed E-state index contributed by atoms with van der Waals surface area (Å²) in [5, 5.41) is 2.80. The lowest BCUT2D eigenvalue weighted by atomic mass is 10.1. The van der Waals surface area contributed by atoms with Crippen LogP contribution in [0.4, 0.5) is 15.8 Å². The van der Waals surface area contributed by atoms with Crippen LogP contribution in [0.2, 0.25) is 0 Å². The normalized spacial score (nSPS) is 11.1. The maximum atomic E-state index is 13.4. The minimum atomic E-state index is -4.13. The number of para-hydroxylation sites is 1. The van der Waals surface area contributed by atoms with Gasteiger partial charge < -0.3 is 10.1 Å². The van der Waals surface area contributed by atoms with Gasteiger partial charge in [0, 0.05) is 5.69 Å². The minimum absolute atomic E-state index is 0.116. The molecule has 1 amide bonds. The lowest BCUT2D eigenvalue weighted by molar-refractivity contribution is -0.114. The Morgan fingerprint density at radius 1 is 0.969 bits per heavy atom. The molecule has 6 nitrogen and oxygen atoms in total. The first kappa shape index (κ1) is 23.3. The largest absolute Gasteiger partial charge is 0.494 e. The highest BCUT2D eigenvalue weighted by Gasteiger charge is 2.27. The molecular formula is C24H25FN2O4S. The van der Waals surface area contributed by atoms with Crippen molar-refractivity contribution >= 4 is 27.3 Å². The second kappa shape index (κ2) is 10.3. The van der Waals surface area contributed by atoms with Crippen LogP contribution in [0, 0.1) is 5.82 Å². The van der Waals surface area contributed by atoms with Crippen LogP contribution in [0.3, 0.4) is 0 Å². The number of rotatable bonds is 9. The summed E-state index contributed by atoms with van der Waals surface area (Å²) in [6.45, 7) is 3.83. The van der Waals surface area contributed by atoms with Crippen LogP contribution in [0.15, 0.2) is 77.7 Å². The van der Waals surface area contributed by atoms with Gasteiger partial charge in [0.1, 0.15) is 18.1 Å². The molecular weight excluding hydrogens is 431 g/mol. The summed E-state index contributed by atoms with van der Waals surface area (Å²) in [5.74, 6) is -0.465. The molecule has 0 heterocycles. The van der Waals surface area contributed by atoms with Gasteiger partial charge in [0.25, 0.3) is 10.0 Å². The van der Waals surface area contributed by atoms with E-state index in [1.54, 1.807) is 36.4 Å². The first-order valence-corrected chi connectivity index (χ1v) is 11.7. The Morgan fingerprint density at radius 3 is 2.25 bits per heavy atom. The molecule has 32 heavy (non-hydrogen) atoms. The van der Waals surface area contributed by atoms with Crippen molar-refractivity contribution in [3.05, 3.63) is 84.2 Å². The molecule has 0 radical (unpaired) electrons. The van der Waals surface area contributed by atoms with Gasteiger partial charge >= 0.3 is 0 Å². The molecule has 0 aromatic heterocycles. The first-order valence-electron chi connectivity index (χ1n) is 10.2. The zero-order valence-corrected chi connectivity index (χ0v) is 18.7. The first-order chi connectivity index (χ1) is 15.3. The average molecular weight is 457 g/mol. The second-order valence-corrected chi connectivity index (χ2v) is 8.81. The number of nitrogens with zero attached hydrogens (tertiary/aromatic N) is 1. The Labute approximate surface area is 187 Å². The van der Waals surface area contributed by atoms with Crippen LogP contribution in [0.1, 0.15) is 19.4 Å². The van der Waals surface area contributed by atoms with E-state index >= 15 is 0 Å². The lowest BCUT2D eigenvalue weighted by Gasteiger charge is -2.24. The SMILES string of the molecule is CCOc1ccc(N(CC(=O)Nc2ccccc2CC)S(=O)(=O)c2ccc(F)cc2)cc1. The third-order valence-electron chi connectivity index (χ3n) is 4.80. The molecule has 0 aliphatic heterocycles. The summed E-state index contributed by atoms with van der Waals surface area (Å²) in [7, 11) is -4.13. The molecule has 0 unspecified atom stereocenters. The fourth-order valence-corrected chi connectivity index (χ4v) is 4.62. The average Bonchev–Trinajstić information content (AvgIpc) is 2.79. The van der Waals surface area contributed by atoms with E-state index in [2.05, 4.69) is 5.32 Å². The number of carbonyl (C=O) groups is 1. The van der Waals surface area contributed by atoms with Crippen LogP contribution < -0.4 is 14.4 Å². The summed E-state index contributed by atoms with van der Waals surface area (Å²) in [6, 6.07) is 18.2. The van der Waals surface area contributed by atoms with E-state index < -0.39 is 28.3 Å². The van der Waals surface area contributed by atoms with Gasteiger partial charge in [-0.25, -0.2) is 12.8 Å². The molecule has 0 saturated carbocycles. The van der Waals surface area contributed by atoms with Crippen molar-refractivity contribution in [3.8, 4) is 5.75 Å². The zero-order valence-electron chi connectivity index (χ0n) is 17.9. The van der Waals surface area contributed by atoms with Gasteiger partial charge in [-0.3, -0.25) is 9.10 Å². The molecule has 168 valence electrons. The van der Waals surface area contributed by atoms with Gasteiger partial charge in [0.05, 0.1) is 17.2 Å². The van der Waals surface area contributed by atoms with E-state index in [-0.39, 0.29) is 10.6 Å². The van der Waals surface area contributed by atoms with Crippen molar-refractivity contribution in [2.75, 3.05) is 22.8 Å². The number of carbonyl (C=O) groups excluding carboxylic acids is 1. The molecule has 0 aliphatic carbocycles. The summed E-state index contributed by atoms with van der Waals surface area (Å²) in [4.78, 5) is 12.7. The number of hydrogen-bond acceptors (Lipinski definition) is 4. The molecule has 3 aromatic carbocycles. The molecule has 8 heteroatoms. The Hall–Kier alpha value is -3.39. The number of amides is 1. The fraction of sp³-hybridized carbons (Fsp3) is 0.208. The van der Waals surface area contributed by atoms with Gasteiger partial charge in [0.2, 0.25) is 5.91 Å². The third-order valence-corrected chi connectivity index (χ3v) is 6.58. The number of aryl methyl sites for hydroxylation is 1. The maximum Gasteiger partial charge on any atom is 0.264 e. The van der Waals surface area contributed by atoms with Crippen molar-refractivity contribution in [2.45, 2.75) is 25.2 Å². The molecule has 0 bridgehead atoms. The Kier molecular flexibility index (Phi) is 7.48. The smallest absolute Gasteiger partial charge is 0.264 e. The molecule has 0 spiro atoms. The highest BCUT2D eigenvalue weighted by molar-refractivity contribution is 7.92. The number of benzene rings is 3. The summed E-state index contributed by atoms with van der Waals surface area (Å²) in [6.07, 6.45) is 0.715. The van der Waals surface area contributed by atoms with E-state index in [0.717, 1.165) is 22.0 Å². The van der Waals surface area contributed by atoms with Crippen molar-refractivity contribution in [3.63, 3.8) is 0 Å². The van der Waals surface area contributed by atoms with Crippen molar-refractivity contribution < 1.29 is 22.3 Å².